The summed E-state index contributed by atoms with van der Waals surface area (Å²) in [6.45, 7) is 7.53. The number of aryl methyl sites for hydroxylation is 2. The van der Waals surface area contributed by atoms with Crippen LogP contribution in [0.25, 0.3) is 11.1 Å². The second kappa shape index (κ2) is 8.73. The number of nitrogens with zero attached hydrogens (tertiary/aromatic N) is 3. The molecule has 0 unspecified atom stereocenters. The van der Waals surface area contributed by atoms with E-state index in [4.69, 9.17) is 4.84 Å². The lowest BCUT2D eigenvalue weighted by atomic mass is 9.98. The summed E-state index contributed by atoms with van der Waals surface area (Å²) in [6, 6.07) is 17.6. The zero-order valence-electron chi connectivity index (χ0n) is 17.8. The Bertz CT molecular complexity index is 1060. The Morgan fingerprint density at radius 3 is 2.23 bits per heavy atom. The predicted octanol–water partition coefficient (Wildman–Crippen LogP) is 3.55. The zero-order chi connectivity index (χ0) is 22.0. The number of hydrogen-bond donors (Lipinski definition) is 2. The van der Waals surface area contributed by atoms with Gasteiger partial charge in [-0.25, -0.2) is 4.79 Å². The van der Waals surface area contributed by atoms with Crippen molar-refractivity contribution in [1.29, 1.82) is 0 Å². The van der Waals surface area contributed by atoms with Crippen LogP contribution in [0.5, 0.6) is 11.8 Å². The lowest BCUT2D eigenvalue weighted by molar-refractivity contribution is 0.0555. The second-order valence-electron chi connectivity index (χ2n) is 7.98. The zero-order valence-corrected chi connectivity index (χ0v) is 17.8. The molecule has 3 aromatic rings. The number of carbonyl (C=O) groups is 1. The van der Waals surface area contributed by atoms with Crippen LogP contribution in [-0.4, -0.2) is 57.0 Å². The molecule has 1 amide bonds. The molecule has 0 atom stereocenters. The Morgan fingerprint density at radius 2 is 1.58 bits per heavy atom. The van der Waals surface area contributed by atoms with Gasteiger partial charge in [-0.15, -0.1) is 4.73 Å². The Kier molecular flexibility index (Phi) is 5.86. The molecule has 0 bridgehead atoms. The summed E-state index contributed by atoms with van der Waals surface area (Å²) in [5.41, 5.74) is 6.21. The number of hydrogen-bond acceptors (Lipinski definition) is 5. The minimum Gasteiger partial charge on any atom is -0.492 e. The predicted molar refractivity (Wildman–Crippen MR) is 118 cm³/mol. The Morgan fingerprint density at radius 1 is 0.903 bits per heavy atom. The fourth-order valence-corrected chi connectivity index (χ4v) is 3.84. The molecule has 1 aromatic heterocycles. The van der Waals surface area contributed by atoms with Crippen LogP contribution in [0.1, 0.15) is 16.7 Å². The average molecular weight is 421 g/mol. The fraction of sp³-hybridized carbons (Fsp3) is 0.292. The lowest BCUT2D eigenvalue weighted by Gasteiger charge is -2.34. The van der Waals surface area contributed by atoms with Crippen molar-refractivity contribution in [2.75, 3.05) is 26.2 Å². The van der Waals surface area contributed by atoms with E-state index in [9.17, 15) is 15.0 Å². The van der Waals surface area contributed by atoms with Gasteiger partial charge in [0.25, 0.3) is 0 Å². The first kappa shape index (κ1) is 20.8. The molecule has 0 radical (unpaired) electrons. The normalized spacial score (nSPS) is 14.6. The molecular weight excluding hydrogens is 394 g/mol. The molecule has 0 spiro atoms. The molecule has 1 fully saturated rings. The maximum atomic E-state index is 12.3. The van der Waals surface area contributed by atoms with Crippen molar-refractivity contribution >= 4 is 6.09 Å². The van der Waals surface area contributed by atoms with Crippen LogP contribution < -0.4 is 4.84 Å². The number of benzene rings is 2. The van der Waals surface area contributed by atoms with Gasteiger partial charge < -0.3 is 20.0 Å². The van der Waals surface area contributed by atoms with E-state index in [0.717, 1.165) is 19.6 Å². The molecule has 1 aliphatic heterocycles. The molecule has 2 N–H and O–H groups in total. The summed E-state index contributed by atoms with van der Waals surface area (Å²) in [5, 5.41) is 19.2. The van der Waals surface area contributed by atoms with Crippen molar-refractivity contribution in [2.24, 2.45) is 0 Å². The fourth-order valence-electron chi connectivity index (χ4n) is 3.84. The first-order chi connectivity index (χ1) is 14.9. The van der Waals surface area contributed by atoms with E-state index in [1.54, 1.807) is 4.90 Å². The third-order valence-corrected chi connectivity index (χ3v) is 5.69. The van der Waals surface area contributed by atoms with E-state index < -0.39 is 6.09 Å². The molecule has 7 heteroatoms. The van der Waals surface area contributed by atoms with Crippen LogP contribution in [0.15, 0.2) is 54.6 Å². The van der Waals surface area contributed by atoms with Gasteiger partial charge in [-0.3, -0.25) is 4.90 Å². The molecule has 2 aromatic carbocycles. The van der Waals surface area contributed by atoms with Gasteiger partial charge in [0.05, 0.1) is 0 Å². The standard InChI is InChI=1S/C24H27N3O4/c1-17-4-3-5-19(14-17)20-6-7-21(18(2)15-20)16-25-10-12-26(13-11-25)24(30)31-27-22(28)8-9-23(27)29/h3-9,14-15,28-29H,10-13,16H2,1-2H3. The molecule has 1 aliphatic rings. The monoisotopic (exact) mass is 421 g/mol. The Labute approximate surface area is 181 Å². The van der Waals surface area contributed by atoms with Crippen LogP contribution >= 0.6 is 0 Å². The Hall–Kier alpha value is -3.45. The van der Waals surface area contributed by atoms with Crippen LogP contribution in [-0.2, 0) is 6.54 Å². The van der Waals surface area contributed by atoms with E-state index in [-0.39, 0.29) is 11.8 Å². The summed E-state index contributed by atoms with van der Waals surface area (Å²) < 4.78 is 0.716. The van der Waals surface area contributed by atoms with Crippen LogP contribution in [0.2, 0.25) is 0 Å². The van der Waals surface area contributed by atoms with Gasteiger partial charge in [-0.1, -0.05) is 48.0 Å². The quantitative estimate of drug-likeness (QED) is 0.674. The van der Waals surface area contributed by atoms with Crippen molar-refractivity contribution in [3.8, 4) is 22.9 Å². The van der Waals surface area contributed by atoms with Gasteiger partial charge in [0.15, 0.2) is 0 Å². The molecule has 162 valence electrons. The highest BCUT2D eigenvalue weighted by molar-refractivity contribution is 5.68. The van der Waals surface area contributed by atoms with Gasteiger partial charge in [0, 0.05) is 44.9 Å². The van der Waals surface area contributed by atoms with E-state index in [2.05, 4.69) is 61.2 Å². The minimum atomic E-state index is -0.597. The number of piperazine rings is 1. The number of rotatable bonds is 4. The molecule has 31 heavy (non-hydrogen) atoms. The lowest BCUT2D eigenvalue weighted by Crippen LogP contribution is -2.50. The highest BCUT2D eigenvalue weighted by Crippen LogP contribution is 2.24. The van der Waals surface area contributed by atoms with Gasteiger partial charge in [0.1, 0.15) is 0 Å². The van der Waals surface area contributed by atoms with E-state index in [0.29, 0.717) is 17.8 Å². The minimum absolute atomic E-state index is 0.325. The van der Waals surface area contributed by atoms with Gasteiger partial charge >= 0.3 is 6.09 Å². The average Bonchev–Trinajstić information content (AvgIpc) is 3.07. The smallest absolute Gasteiger partial charge is 0.434 e. The van der Waals surface area contributed by atoms with Crippen molar-refractivity contribution in [2.45, 2.75) is 20.4 Å². The molecule has 1 saturated heterocycles. The van der Waals surface area contributed by atoms with Crippen molar-refractivity contribution in [3.63, 3.8) is 0 Å². The number of aromatic nitrogens is 1. The molecule has 2 heterocycles. The van der Waals surface area contributed by atoms with Crippen molar-refractivity contribution < 1.29 is 19.8 Å². The van der Waals surface area contributed by atoms with E-state index in [1.807, 2.05) is 0 Å². The number of amides is 1. The number of aromatic hydroxyl groups is 2. The first-order valence-corrected chi connectivity index (χ1v) is 10.4. The largest absolute Gasteiger partial charge is 0.492 e. The Balaban J connectivity index is 1.34. The third kappa shape index (κ3) is 4.67. The van der Waals surface area contributed by atoms with Crippen LogP contribution in [0.3, 0.4) is 0 Å². The van der Waals surface area contributed by atoms with Gasteiger partial charge in [0.2, 0.25) is 11.8 Å². The molecular formula is C24H27N3O4. The summed E-state index contributed by atoms with van der Waals surface area (Å²) >= 11 is 0. The summed E-state index contributed by atoms with van der Waals surface area (Å²) in [7, 11) is 0. The van der Waals surface area contributed by atoms with Crippen molar-refractivity contribution in [3.05, 3.63) is 71.3 Å². The highest BCUT2D eigenvalue weighted by Gasteiger charge is 2.24. The summed E-state index contributed by atoms with van der Waals surface area (Å²) in [6.07, 6.45) is -0.597. The summed E-state index contributed by atoms with van der Waals surface area (Å²) in [4.78, 5) is 21.3. The van der Waals surface area contributed by atoms with Gasteiger partial charge in [-0.05, 0) is 36.1 Å². The van der Waals surface area contributed by atoms with Crippen LogP contribution in [0, 0.1) is 13.8 Å². The molecule has 4 rings (SSSR count). The second-order valence-corrected chi connectivity index (χ2v) is 7.98. The SMILES string of the molecule is Cc1cccc(-c2ccc(CN3CCN(C(=O)On4c(O)ccc4O)CC3)c(C)c2)c1. The maximum Gasteiger partial charge on any atom is 0.434 e. The maximum absolute atomic E-state index is 12.3. The van der Waals surface area contributed by atoms with Crippen molar-refractivity contribution in [1.82, 2.24) is 14.5 Å². The first-order valence-electron chi connectivity index (χ1n) is 10.4. The molecule has 0 aliphatic carbocycles. The summed E-state index contributed by atoms with van der Waals surface area (Å²) in [5.74, 6) is -0.650. The molecule has 7 nitrogen and oxygen atoms in total. The topological polar surface area (TPSA) is 78.2 Å². The van der Waals surface area contributed by atoms with Crippen LogP contribution in [0.4, 0.5) is 4.79 Å². The van der Waals surface area contributed by atoms with E-state index in [1.165, 1.54) is 39.9 Å². The molecule has 0 saturated carbocycles. The number of carbonyl (C=O) groups excluding carboxylic acids is 1. The third-order valence-electron chi connectivity index (χ3n) is 5.69. The van der Waals surface area contributed by atoms with Gasteiger partial charge in [-0.2, -0.15) is 0 Å². The highest BCUT2D eigenvalue weighted by atomic mass is 16.7. The van der Waals surface area contributed by atoms with E-state index >= 15 is 0 Å².